The molecule has 0 N–H and O–H groups in total. The fourth-order valence-corrected chi connectivity index (χ4v) is 12.9. The summed E-state index contributed by atoms with van der Waals surface area (Å²) < 4.78 is 343. The second-order valence-corrected chi connectivity index (χ2v) is 21.2. The Labute approximate surface area is 404 Å². The van der Waals surface area contributed by atoms with Gasteiger partial charge in [0.15, 0.2) is 0 Å². The summed E-state index contributed by atoms with van der Waals surface area (Å²) in [5.74, 6) is 0. The van der Waals surface area contributed by atoms with Crippen LogP contribution >= 0.6 is 22.7 Å². The van der Waals surface area contributed by atoms with E-state index in [1.807, 2.05) is 24.3 Å². The minimum Gasteiger partial charge on any atom is -0.194 e. The molecule has 0 saturated carbocycles. The van der Waals surface area contributed by atoms with E-state index in [0.29, 0.717) is 0 Å². The molecule has 0 aliphatic rings. The summed E-state index contributed by atoms with van der Waals surface area (Å²) in [6.45, 7) is 0. The largest absolute Gasteiger partial charge is 0.416 e. The molecule has 2 aromatic heterocycles. The summed E-state index contributed by atoms with van der Waals surface area (Å²) in [6, 6.07) is 3.21. The number of nitrogens with zero attached hydrogens (tertiary/aromatic N) is 2. The Hall–Kier alpha value is -5.63. The lowest BCUT2D eigenvalue weighted by Gasteiger charge is -2.46. The van der Waals surface area contributed by atoms with Crippen LogP contribution in [-0.2, 0) is 49.4 Å². The second-order valence-electron chi connectivity index (χ2n) is 14.7. The summed E-state index contributed by atoms with van der Waals surface area (Å²) in [5.41, 5.74) is -30.2. The minimum absolute atomic E-state index is 0.207. The van der Waals surface area contributed by atoms with Crippen molar-refractivity contribution in [2.45, 2.75) is 49.4 Å². The Kier molecular flexibility index (Phi) is 15.6. The normalized spacial score (nSPS) is 13.3. The molecule has 30 heteroatoms. The molecule has 6 aromatic rings. The highest BCUT2D eigenvalue weighted by atomic mass is 127. The zero-order valence-corrected chi connectivity index (χ0v) is 37.8. The third kappa shape index (κ3) is 13.1. The molecule has 0 amide bonds. The van der Waals surface area contributed by atoms with Gasteiger partial charge in [-0.3, -0.25) is 0 Å². The maximum Gasteiger partial charge on any atom is 0.416 e. The number of thiophene rings is 2. The van der Waals surface area contributed by atoms with Gasteiger partial charge in [0.05, 0.1) is 44.5 Å². The van der Waals surface area contributed by atoms with Crippen molar-refractivity contribution in [1.82, 2.24) is 0 Å². The van der Waals surface area contributed by atoms with Gasteiger partial charge in [0.1, 0.15) is 28.0 Å². The van der Waals surface area contributed by atoms with Crippen molar-refractivity contribution in [3.8, 4) is 12.1 Å². The quantitative estimate of drug-likeness (QED) is 0.0948. The molecule has 0 radical (unpaired) electrons. The van der Waals surface area contributed by atoms with Crippen LogP contribution in [0.25, 0.3) is 0 Å². The molecule has 4 aromatic carbocycles. The van der Waals surface area contributed by atoms with Crippen LogP contribution in [0.1, 0.15) is 54.3 Å². The number of halogens is 25. The monoisotopic (exact) mass is 1210 g/mol. The van der Waals surface area contributed by atoms with Crippen LogP contribution in [0.15, 0.2) is 97.1 Å². The van der Waals surface area contributed by atoms with E-state index in [0.717, 1.165) is 9.75 Å². The molecule has 0 unspecified atom stereocenters. The fourth-order valence-electron chi connectivity index (χ4n) is 7.01. The first-order valence-corrected chi connectivity index (χ1v) is 22.4. The van der Waals surface area contributed by atoms with E-state index >= 15 is 0 Å². The number of benzene rings is 4. The fraction of sp³-hybridized carbons (Fsp3) is 0.190. The molecule has 384 valence electrons. The van der Waals surface area contributed by atoms with Gasteiger partial charge in [0.25, 0.3) is 0 Å². The van der Waals surface area contributed by atoms with Crippen LogP contribution in [-0.4, -0.2) is 6.15 Å². The lowest BCUT2D eigenvalue weighted by molar-refractivity contribution is -0.585. The zero-order valence-electron chi connectivity index (χ0n) is 34.0. The highest BCUT2D eigenvalue weighted by molar-refractivity contribution is 7.20. The van der Waals surface area contributed by atoms with Crippen molar-refractivity contribution in [1.29, 1.82) is 10.5 Å². The third-order valence-electron chi connectivity index (χ3n) is 9.99. The highest BCUT2D eigenvalue weighted by Gasteiger charge is 2.47. The zero-order chi connectivity index (χ0) is 54.6. The molecule has 0 aliphatic carbocycles. The maximum absolute atomic E-state index is 14.2. The molecule has 0 atom stereocenters. The number of nitriles is 2. The van der Waals surface area contributed by atoms with Gasteiger partial charge in [0, 0.05) is 12.1 Å². The maximum atomic E-state index is 14.2. The molecule has 0 spiro atoms. The van der Waals surface area contributed by atoms with E-state index in [1.54, 1.807) is 22.7 Å². The average Bonchev–Trinajstić information content (AvgIpc) is 3.91. The topological polar surface area (TPSA) is 47.6 Å². The van der Waals surface area contributed by atoms with E-state index in [4.69, 9.17) is 10.5 Å². The lowest BCUT2D eigenvalue weighted by Crippen LogP contribution is -3.61. The molecule has 0 aliphatic heterocycles. The van der Waals surface area contributed by atoms with Gasteiger partial charge in [0.2, 0.25) is 5.77 Å². The summed E-state index contributed by atoms with van der Waals surface area (Å²) in [4.78, 5) is 1.53. The number of rotatable bonds is 6. The summed E-state index contributed by atoms with van der Waals surface area (Å²) in [7, 11) is 0. The van der Waals surface area contributed by atoms with Crippen LogP contribution in [0.4, 0.5) is 105 Å². The van der Waals surface area contributed by atoms with Gasteiger partial charge in [-0.2, -0.15) is 138 Å². The molecular formula is C42H16BF24IN2S2. The smallest absolute Gasteiger partial charge is 0.194 e. The number of hydrogen-bond donors (Lipinski definition) is 0. The SMILES string of the molecule is FC(F)(F)c1cc([B-](c2cc(C(F)(F)F)cc(C(F)(F)F)c2)(c2cc(C(F)(F)F)cc(C(F)(F)F)c2)c2cc(C(F)(F)F)cc(C(F)(F)F)c2)cc(C(F)(F)F)c1.N#Cc1ccc([I+]c2ccc(C#N)s2)s1. The average molecular weight is 1210 g/mol. The predicted molar refractivity (Wildman–Crippen MR) is 206 cm³/mol. The minimum atomic E-state index is -6.13. The van der Waals surface area contributed by atoms with Gasteiger partial charge in [-0.1, -0.05) is 71.2 Å². The van der Waals surface area contributed by atoms with Gasteiger partial charge < -0.3 is 0 Å². The third-order valence-corrected chi connectivity index (χ3v) is 15.7. The molecule has 2 heterocycles. The highest BCUT2D eigenvalue weighted by Crippen LogP contribution is 2.41. The predicted octanol–water partition coefficient (Wildman–Crippen LogP) is 10.9. The molecule has 0 saturated heterocycles. The van der Waals surface area contributed by atoms with Crippen LogP contribution in [0.5, 0.6) is 0 Å². The molecule has 0 bridgehead atoms. The first kappa shape index (κ1) is 57.3. The first-order chi connectivity index (χ1) is 32.6. The van der Waals surface area contributed by atoms with E-state index < -0.39 is 195 Å². The number of alkyl halides is 24. The van der Waals surface area contributed by atoms with Crippen molar-refractivity contribution in [2.24, 2.45) is 0 Å². The van der Waals surface area contributed by atoms with Crippen molar-refractivity contribution in [2.75, 3.05) is 0 Å². The molecule has 6 rings (SSSR count). The number of hydrogen-bond acceptors (Lipinski definition) is 4. The van der Waals surface area contributed by atoms with Crippen LogP contribution in [0.3, 0.4) is 0 Å². The summed E-state index contributed by atoms with van der Waals surface area (Å²) in [5, 5.41) is 17.4. The summed E-state index contributed by atoms with van der Waals surface area (Å²) >= 11 is 2.91. The van der Waals surface area contributed by atoms with E-state index in [1.165, 1.54) is 5.77 Å². The standard InChI is InChI=1S/C32H12BF24.C10H4IN2S2/c34-25(35,36)13-1-14(26(37,38)39)6-21(5-13)33(22-7-15(27(40,41)42)2-16(8-22)28(43,44)45,23-9-17(29(46,47)48)3-18(10-23)30(49,50)51)24-11-19(31(52,53)54)4-20(12-24)32(55,56)57;12-5-7-1-3-9(14-7)11-10-4-2-8(6-13)15-10/h1-12H;1-4H/q-1;+1. The van der Waals surface area contributed by atoms with Crippen LogP contribution in [0.2, 0.25) is 0 Å². The Balaban J connectivity index is 0.000000542. The van der Waals surface area contributed by atoms with E-state index in [9.17, 15) is 105 Å². The molecule has 72 heavy (non-hydrogen) atoms. The first-order valence-electron chi connectivity index (χ1n) is 18.6. The summed E-state index contributed by atoms with van der Waals surface area (Å²) in [6.07, 6.45) is -54.8. The molecular weight excluding hydrogens is 1190 g/mol. The van der Waals surface area contributed by atoms with Crippen molar-refractivity contribution in [3.05, 3.63) is 157 Å². The lowest BCUT2D eigenvalue weighted by atomic mass is 9.12. The molecule has 0 fully saturated rings. The van der Waals surface area contributed by atoms with Crippen LogP contribution < -0.4 is 43.1 Å². The van der Waals surface area contributed by atoms with E-state index in [-0.39, 0.29) is 21.2 Å². The van der Waals surface area contributed by atoms with Crippen molar-refractivity contribution < 1.29 is 127 Å². The Morgan fingerprint density at radius 3 is 0.625 bits per heavy atom. The van der Waals surface area contributed by atoms with Crippen LogP contribution in [0, 0.1) is 28.4 Å². The van der Waals surface area contributed by atoms with Gasteiger partial charge >= 0.3 is 70.6 Å². The van der Waals surface area contributed by atoms with Gasteiger partial charge in [-0.15, -0.1) is 0 Å². The molecule has 2 nitrogen and oxygen atoms in total. The second kappa shape index (κ2) is 19.7. The van der Waals surface area contributed by atoms with E-state index in [2.05, 4.69) is 12.1 Å². The Morgan fingerprint density at radius 1 is 0.306 bits per heavy atom. The van der Waals surface area contributed by atoms with Crippen molar-refractivity contribution in [3.63, 3.8) is 0 Å². The van der Waals surface area contributed by atoms with Gasteiger partial charge in [-0.05, 0) is 36.4 Å². The Bertz CT molecular complexity index is 2560. The van der Waals surface area contributed by atoms with Crippen molar-refractivity contribution >= 4 is 50.7 Å². The Morgan fingerprint density at radius 2 is 0.486 bits per heavy atom. The van der Waals surface area contributed by atoms with Gasteiger partial charge in [-0.25, -0.2) is 0 Å².